The van der Waals surface area contributed by atoms with Crippen LogP contribution < -0.4 is 0 Å². The number of nitro groups is 1. The Kier molecular flexibility index (Phi) is 4.98. The number of nitro benzene ring substituents is 1. The second-order valence-corrected chi connectivity index (χ2v) is 5.50. The summed E-state index contributed by atoms with van der Waals surface area (Å²) in [5, 5.41) is 11.3. The predicted molar refractivity (Wildman–Crippen MR) is 82.7 cm³/mol. The lowest BCUT2D eigenvalue weighted by atomic mass is 10.1. The average Bonchev–Trinajstić information content (AvgIpc) is 2.87. The molecule has 0 aliphatic carbocycles. The molecule has 0 aliphatic rings. The van der Waals surface area contributed by atoms with Gasteiger partial charge in [0.05, 0.1) is 9.95 Å². The van der Waals surface area contributed by atoms with Crippen molar-refractivity contribution in [2.45, 2.75) is 12.8 Å². The number of benzene rings is 1. The summed E-state index contributed by atoms with van der Waals surface area (Å²) in [7, 11) is 4.05. The highest BCUT2D eigenvalue weighted by Crippen LogP contribution is 2.32. The molecule has 0 saturated heterocycles. The van der Waals surface area contributed by atoms with Gasteiger partial charge in [0, 0.05) is 24.1 Å². The van der Waals surface area contributed by atoms with Gasteiger partial charge in [0.25, 0.3) is 5.69 Å². The van der Waals surface area contributed by atoms with Crippen LogP contribution in [0.15, 0.2) is 34.7 Å². The number of aryl methyl sites for hydroxylation is 1. The van der Waals surface area contributed by atoms with E-state index in [4.69, 9.17) is 16.0 Å². The van der Waals surface area contributed by atoms with Crippen molar-refractivity contribution in [1.29, 1.82) is 0 Å². The minimum atomic E-state index is -0.444. The molecule has 2 aromatic rings. The lowest BCUT2D eigenvalue weighted by Gasteiger charge is -2.07. The summed E-state index contributed by atoms with van der Waals surface area (Å²) < 4.78 is 5.74. The molecule has 0 atom stereocenters. The van der Waals surface area contributed by atoms with E-state index in [0.717, 1.165) is 25.1 Å². The first-order chi connectivity index (χ1) is 9.97. The number of non-ortho nitro benzene ring substituents is 1. The highest BCUT2D eigenvalue weighted by molar-refractivity contribution is 6.33. The van der Waals surface area contributed by atoms with Gasteiger partial charge in [-0.05, 0) is 45.3 Å². The van der Waals surface area contributed by atoms with E-state index in [1.54, 1.807) is 6.07 Å². The van der Waals surface area contributed by atoms with Gasteiger partial charge in [0.1, 0.15) is 11.5 Å². The first-order valence-electron chi connectivity index (χ1n) is 6.65. The van der Waals surface area contributed by atoms with Gasteiger partial charge in [-0.3, -0.25) is 10.1 Å². The number of furan rings is 1. The average molecular weight is 309 g/mol. The zero-order valence-corrected chi connectivity index (χ0v) is 12.8. The molecule has 1 heterocycles. The molecule has 1 aromatic carbocycles. The maximum Gasteiger partial charge on any atom is 0.270 e. The maximum absolute atomic E-state index is 10.8. The van der Waals surface area contributed by atoms with Gasteiger partial charge in [-0.25, -0.2) is 0 Å². The topological polar surface area (TPSA) is 59.5 Å². The third kappa shape index (κ3) is 4.06. The summed E-state index contributed by atoms with van der Waals surface area (Å²) in [5.74, 6) is 1.41. The molecule has 0 amide bonds. The zero-order chi connectivity index (χ0) is 15.4. The van der Waals surface area contributed by atoms with Crippen LogP contribution in [-0.4, -0.2) is 30.5 Å². The van der Waals surface area contributed by atoms with Gasteiger partial charge in [-0.15, -0.1) is 0 Å². The molecule has 0 fully saturated rings. The van der Waals surface area contributed by atoms with Crippen molar-refractivity contribution in [3.63, 3.8) is 0 Å². The fraction of sp³-hybridized carbons (Fsp3) is 0.333. The molecule has 5 nitrogen and oxygen atoms in total. The SMILES string of the molecule is CN(C)CCCc1ccc(-c2cc([N+](=O)[O-])ccc2Cl)o1. The highest BCUT2D eigenvalue weighted by atomic mass is 35.5. The molecule has 0 aliphatic heterocycles. The molecule has 0 saturated carbocycles. The van der Waals surface area contributed by atoms with Crippen molar-refractivity contribution in [2.75, 3.05) is 20.6 Å². The Morgan fingerprint density at radius 2 is 2.05 bits per heavy atom. The van der Waals surface area contributed by atoms with Crippen LogP contribution in [0.2, 0.25) is 5.02 Å². The fourth-order valence-corrected chi connectivity index (χ4v) is 2.25. The largest absolute Gasteiger partial charge is 0.461 e. The number of rotatable bonds is 6. The van der Waals surface area contributed by atoms with Crippen molar-refractivity contribution in [3.8, 4) is 11.3 Å². The fourth-order valence-electron chi connectivity index (χ4n) is 2.04. The third-order valence-corrected chi connectivity index (χ3v) is 3.45. The first-order valence-corrected chi connectivity index (χ1v) is 7.03. The van der Waals surface area contributed by atoms with E-state index in [1.807, 2.05) is 20.2 Å². The van der Waals surface area contributed by atoms with E-state index in [2.05, 4.69) is 4.90 Å². The van der Waals surface area contributed by atoms with Crippen LogP contribution in [0.25, 0.3) is 11.3 Å². The van der Waals surface area contributed by atoms with Gasteiger partial charge in [0.2, 0.25) is 0 Å². The normalized spacial score (nSPS) is 11.0. The van der Waals surface area contributed by atoms with Crippen molar-refractivity contribution in [2.24, 2.45) is 0 Å². The lowest BCUT2D eigenvalue weighted by molar-refractivity contribution is -0.384. The van der Waals surface area contributed by atoms with Crippen LogP contribution in [0.3, 0.4) is 0 Å². The molecule has 0 spiro atoms. The van der Waals surface area contributed by atoms with Gasteiger partial charge in [0.15, 0.2) is 0 Å². The number of nitrogens with zero attached hydrogens (tertiary/aromatic N) is 2. The molecule has 0 N–H and O–H groups in total. The third-order valence-electron chi connectivity index (χ3n) is 3.12. The molecular formula is C15H17ClN2O3. The maximum atomic E-state index is 10.8. The van der Waals surface area contributed by atoms with Crippen molar-refractivity contribution in [3.05, 3.63) is 51.2 Å². The molecule has 0 bridgehead atoms. The van der Waals surface area contributed by atoms with Gasteiger partial charge in [-0.1, -0.05) is 11.6 Å². The minimum absolute atomic E-state index is 0.0000391. The van der Waals surface area contributed by atoms with Gasteiger partial charge in [-0.2, -0.15) is 0 Å². The standard InChI is InChI=1S/C15H17ClN2O3/c1-17(2)9-3-4-12-6-8-15(21-12)13-10-11(18(19)20)5-7-14(13)16/h5-8,10H,3-4,9H2,1-2H3. The summed E-state index contributed by atoms with van der Waals surface area (Å²) in [6.45, 7) is 0.980. The number of hydrogen-bond donors (Lipinski definition) is 0. The van der Waals surface area contributed by atoms with Crippen molar-refractivity contribution in [1.82, 2.24) is 4.90 Å². The lowest BCUT2D eigenvalue weighted by Crippen LogP contribution is -2.13. The summed E-state index contributed by atoms with van der Waals surface area (Å²) in [4.78, 5) is 12.5. The quantitative estimate of drug-likeness (QED) is 0.597. The van der Waals surface area contributed by atoms with E-state index in [1.165, 1.54) is 18.2 Å². The van der Waals surface area contributed by atoms with Crippen LogP contribution >= 0.6 is 11.6 Å². The summed E-state index contributed by atoms with van der Waals surface area (Å²) in [6.07, 6.45) is 1.81. The number of halogens is 1. The van der Waals surface area contributed by atoms with Crippen molar-refractivity contribution < 1.29 is 9.34 Å². The Morgan fingerprint density at radius 1 is 1.29 bits per heavy atom. The molecule has 6 heteroatoms. The van der Waals surface area contributed by atoms with Crippen LogP contribution in [0.5, 0.6) is 0 Å². The Morgan fingerprint density at radius 3 is 2.71 bits per heavy atom. The Labute approximate surface area is 128 Å². The Balaban J connectivity index is 2.17. The van der Waals surface area contributed by atoms with Crippen LogP contribution in [0, 0.1) is 10.1 Å². The summed E-state index contributed by atoms with van der Waals surface area (Å²) in [6, 6.07) is 8.02. The second-order valence-electron chi connectivity index (χ2n) is 5.09. The van der Waals surface area contributed by atoms with Crippen LogP contribution in [-0.2, 0) is 6.42 Å². The molecule has 1 aromatic heterocycles. The van der Waals surface area contributed by atoms with Gasteiger partial charge < -0.3 is 9.32 Å². The Hall–Kier alpha value is -1.85. The molecular weight excluding hydrogens is 292 g/mol. The molecule has 21 heavy (non-hydrogen) atoms. The smallest absolute Gasteiger partial charge is 0.270 e. The van der Waals surface area contributed by atoms with E-state index in [-0.39, 0.29) is 5.69 Å². The Bertz CT molecular complexity index is 638. The summed E-state index contributed by atoms with van der Waals surface area (Å²) >= 11 is 6.10. The van der Waals surface area contributed by atoms with Crippen LogP contribution in [0.1, 0.15) is 12.2 Å². The molecule has 112 valence electrons. The molecule has 2 rings (SSSR count). The van der Waals surface area contributed by atoms with E-state index in [9.17, 15) is 10.1 Å². The highest BCUT2D eigenvalue weighted by Gasteiger charge is 2.14. The predicted octanol–water partition coefficient (Wildman–Crippen LogP) is 4.00. The monoisotopic (exact) mass is 308 g/mol. The van der Waals surface area contributed by atoms with Crippen molar-refractivity contribution >= 4 is 17.3 Å². The molecule has 0 unspecified atom stereocenters. The van der Waals surface area contributed by atoms with Gasteiger partial charge >= 0.3 is 0 Å². The summed E-state index contributed by atoms with van der Waals surface area (Å²) in [5.41, 5.74) is 0.546. The first kappa shape index (κ1) is 15.5. The number of hydrogen-bond acceptors (Lipinski definition) is 4. The van der Waals surface area contributed by atoms with Crippen LogP contribution in [0.4, 0.5) is 5.69 Å². The van der Waals surface area contributed by atoms with E-state index >= 15 is 0 Å². The zero-order valence-electron chi connectivity index (χ0n) is 12.0. The minimum Gasteiger partial charge on any atom is -0.461 e. The van der Waals surface area contributed by atoms with E-state index in [0.29, 0.717) is 16.3 Å². The van der Waals surface area contributed by atoms with E-state index < -0.39 is 4.92 Å². The molecule has 0 radical (unpaired) electrons. The second kappa shape index (κ2) is 6.74.